The molecular formula is C42H43N13O4. The molecule has 1 atom stereocenters. The van der Waals surface area contributed by atoms with Gasteiger partial charge in [-0.2, -0.15) is 4.68 Å². The third-order valence-corrected chi connectivity index (χ3v) is 12.2. The standard InChI is InChI=1S/C42H43N13O4/c56-36-13-12-35(41(58)48-36)55-42(59)33-21-30(10-11-34(33)49-50-55)51-14-16-52(17-15-51)32-22-53(23-32)29-8-6-27(7-9-29)47-39-38-40(44-24-43-39)54(25-45-38)31-19-28(20-31)46-37(57)18-26-4-2-1-3-5-26/h1-11,21,24-25,28,31-32,35H,12-20,22-23H2,(H,46,57)(H,43,44,47)(H,48,56,58). The van der Waals surface area contributed by atoms with Gasteiger partial charge in [0, 0.05) is 80.9 Å². The van der Waals surface area contributed by atoms with Crippen LogP contribution >= 0.6 is 0 Å². The van der Waals surface area contributed by atoms with Crippen molar-refractivity contribution in [2.45, 2.75) is 56.3 Å². The van der Waals surface area contributed by atoms with Crippen molar-refractivity contribution in [2.75, 3.05) is 54.4 Å². The van der Waals surface area contributed by atoms with E-state index in [0.717, 1.165) is 79.4 Å². The topological polar surface area (TPSA) is 188 Å². The first-order chi connectivity index (χ1) is 28.8. The SMILES string of the molecule is O=C1CCC(n2nnc3ccc(N4CCN(C5CN(c6ccc(Nc7ncnc8c7ncn8C7CC(NC(=O)Cc8ccccc8)C7)cc6)C5)CC4)cc3c2=O)C(=O)N1. The predicted molar refractivity (Wildman–Crippen MR) is 220 cm³/mol. The number of imide groups is 1. The zero-order valence-electron chi connectivity index (χ0n) is 32.3. The number of carbonyl (C=O) groups is 3. The Morgan fingerprint density at radius 2 is 1.61 bits per heavy atom. The molecule has 17 nitrogen and oxygen atoms in total. The maximum absolute atomic E-state index is 13.4. The molecule has 0 radical (unpaired) electrons. The van der Waals surface area contributed by atoms with Crippen molar-refractivity contribution in [1.82, 2.24) is 50.0 Å². The third kappa shape index (κ3) is 7.22. The maximum atomic E-state index is 13.4. The van der Waals surface area contributed by atoms with Gasteiger partial charge in [-0.3, -0.25) is 29.4 Å². The highest BCUT2D eigenvalue weighted by atomic mass is 16.2. The van der Waals surface area contributed by atoms with E-state index in [9.17, 15) is 19.2 Å². The minimum Gasteiger partial charge on any atom is -0.369 e. The number of nitrogens with one attached hydrogen (secondary N) is 3. The summed E-state index contributed by atoms with van der Waals surface area (Å²) < 4.78 is 3.20. The molecule has 300 valence electrons. The number of fused-ring (bicyclic) bond motifs is 2. The molecule has 3 aromatic heterocycles. The summed E-state index contributed by atoms with van der Waals surface area (Å²) in [7, 11) is 0. The van der Waals surface area contributed by atoms with E-state index in [1.165, 1.54) is 5.69 Å². The number of hydrogen-bond donors (Lipinski definition) is 3. The minimum atomic E-state index is -0.852. The molecule has 6 heterocycles. The van der Waals surface area contributed by atoms with Crippen LogP contribution in [0.4, 0.5) is 22.9 Å². The van der Waals surface area contributed by atoms with Crippen molar-refractivity contribution >= 4 is 62.7 Å². The highest BCUT2D eigenvalue weighted by molar-refractivity contribution is 5.99. The highest BCUT2D eigenvalue weighted by Crippen LogP contribution is 2.36. The Morgan fingerprint density at radius 3 is 2.39 bits per heavy atom. The molecule has 0 bridgehead atoms. The summed E-state index contributed by atoms with van der Waals surface area (Å²) in [6.07, 6.45) is 5.81. The first-order valence-electron chi connectivity index (χ1n) is 20.2. The van der Waals surface area contributed by atoms with E-state index in [1.54, 1.807) is 12.4 Å². The summed E-state index contributed by atoms with van der Waals surface area (Å²) in [5.74, 6) is -0.178. The van der Waals surface area contributed by atoms with Gasteiger partial charge >= 0.3 is 0 Å². The van der Waals surface area contributed by atoms with Crippen LogP contribution in [0.5, 0.6) is 0 Å². The molecule has 3 aromatic carbocycles. The van der Waals surface area contributed by atoms with Crippen LogP contribution in [0.2, 0.25) is 0 Å². The molecule has 3 amide bonds. The number of anilines is 4. The van der Waals surface area contributed by atoms with E-state index < -0.39 is 11.9 Å². The molecule has 0 spiro atoms. The van der Waals surface area contributed by atoms with E-state index in [1.807, 2.05) is 48.8 Å². The Hall–Kier alpha value is -6.75. The molecular weight excluding hydrogens is 751 g/mol. The largest absolute Gasteiger partial charge is 0.369 e. The van der Waals surface area contributed by atoms with Gasteiger partial charge in [0.05, 0.1) is 18.1 Å². The average molecular weight is 794 g/mol. The van der Waals surface area contributed by atoms with E-state index in [-0.39, 0.29) is 42.3 Å². The van der Waals surface area contributed by atoms with Crippen molar-refractivity contribution < 1.29 is 14.4 Å². The lowest BCUT2D eigenvalue weighted by molar-refractivity contribution is -0.136. The number of piperidine rings is 1. The Kier molecular flexibility index (Phi) is 9.43. The molecule has 4 aliphatic rings. The number of nitrogens with zero attached hydrogens (tertiary/aromatic N) is 10. The second kappa shape index (κ2) is 15.2. The van der Waals surface area contributed by atoms with Gasteiger partial charge < -0.3 is 25.0 Å². The fourth-order valence-corrected chi connectivity index (χ4v) is 8.70. The summed E-state index contributed by atoms with van der Waals surface area (Å²) in [4.78, 5) is 71.0. The van der Waals surface area contributed by atoms with Crippen LogP contribution in [0.15, 0.2) is 90.2 Å². The molecule has 59 heavy (non-hydrogen) atoms. The second-order valence-electron chi connectivity index (χ2n) is 15.9. The van der Waals surface area contributed by atoms with Gasteiger partial charge in [0.2, 0.25) is 11.8 Å². The van der Waals surface area contributed by atoms with Crippen LogP contribution in [-0.4, -0.2) is 108 Å². The normalized spacial score (nSPS) is 21.3. The van der Waals surface area contributed by atoms with Gasteiger partial charge in [-0.15, -0.1) is 5.10 Å². The predicted octanol–water partition coefficient (Wildman–Crippen LogP) is 2.73. The second-order valence-corrected chi connectivity index (χ2v) is 15.9. The van der Waals surface area contributed by atoms with Gasteiger partial charge in [-0.05, 0) is 67.3 Å². The highest BCUT2D eigenvalue weighted by Gasteiger charge is 2.35. The summed E-state index contributed by atoms with van der Waals surface area (Å²) in [5.41, 5.74) is 5.59. The van der Waals surface area contributed by atoms with Crippen LogP contribution in [0.1, 0.15) is 43.3 Å². The zero-order valence-corrected chi connectivity index (χ0v) is 32.3. The Labute approximate surface area is 338 Å². The van der Waals surface area contributed by atoms with Crippen molar-refractivity contribution in [2.24, 2.45) is 0 Å². The molecule has 3 N–H and O–H groups in total. The van der Waals surface area contributed by atoms with E-state index in [4.69, 9.17) is 0 Å². The minimum absolute atomic E-state index is 0.0431. The molecule has 4 fully saturated rings. The molecule has 1 saturated carbocycles. The number of imidazole rings is 1. The molecule has 3 saturated heterocycles. The van der Waals surface area contributed by atoms with Crippen molar-refractivity contribution in [3.05, 3.63) is 101 Å². The van der Waals surface area contributed by atoms with Crippen molar-refractivity contribution in [3.8, 4) is 0 Å². The van der Waals surface area contributed by atoms with Crippen LogP contribution in [0.25, 0.3) is 22.1 Å². The quantitative estimate of drug-likeness (QED) is 0.172. The van der Waals surface area contributed by atoms with E-state index >= 15 is 0 Å². The number of rotatable bonds is 10. The molecule has 1 unspecified atom stereocenters. The van der Waals surface area contributed by atoms with Gasteiger partial charge in [-0.1, -0.05) is 35.5 Å². The lowest BCUT2D eigenvalue weighted by atomic mass is 9.86. The number of amides is 3. The van der Waals surface area contributed by atoms with Crippen LogP contribution in [0, 0.1) is 0 Å². The van der Waals surface area contributed by atoms with Gasteiger partial charge in [0.1, 0.15) is 17.9 Å². The lowest BCUT2D eigenvalue weighted by Crippen LogP contribution is -2.63. The Balaban J connectivity index is 0.708. The van der Waals surface area contributed by atoms with Crippen LogP contribution in [0.3, 0.4) is 0 Å². The van der Waals surface area contributed by atoms with Gasteiger partial charge in [0.25, 0.3) is 11.5 Å². The number of benzene rings is 3. The molecule has 1 aliphatic carbocycles. The van der Waals surface area contributed by atoms with Gasteiger partial charge in [0.15, 0.2) is 17.0 Å². The fraction of sp³-hybridized carbons (Fsp3) is 0.357. The van der Waals surface area contributed by atoms with E-state index in [2.05, 4.69) is 84.7 Å². The maximum Gasteiger partial charge on any atom is 0.278 e. The Bertz CT molecular complexity index is 2610. The van der Waals surface area contributed by atoms with Crippen LogP contribution in [-0.2, 0) is 20.8 Å². The lowest BCUT2D eigenvalue weighted by Gasteiger charge is -2.49. The summed E-state index contributed by atoms with van der Waals surface area (Å²) >= 11 is 0. The summed E-state index contributed by atoms with van der Waals surface area (Å²) in [6.45, 7) is 5.36. The van der Waals surface area contributed by atoms with E-state index in [0.29, 0.717) is 34.7 Å². The first kappa shape index (κ1) is 36.6. The molecule has 6 aromatic rings. The van der Waals surface area contributed by atoms with Gasteiger partial charge in [-0.25, -0.2) is 15.0 Å². The number of carbonyl (C=O) groups excluding carboxylic acids is 3. The summed E-state index contributed by atoms with van der Waals surface area (Å²) in [5, 5.41) is 17.5. The third-order valence-electron chi connectivity index (χ3n) is 12.2. The zero-order chi connectivity index (χ0) is 40.0. The average Bonchev–Trinajstić information content (AvgIpc) is 3.65. The summed E-state index contributed by atoms with van der Waals surface area (Å²) in [6, 6.07) is 23.8. The number of aromatic nitrogens is 7. The fourth-order valence-electron chi connectivity index (χ4n) is 8.70. The molecule has 3 aliphatic heterocycles. The number of piperazine rings is 1. The molecule has 17 heteroatoms. The van der Waals surface area contributed by atoms with Crippen molar-refractivity contribution in [1.29, 1.82) is 0 Å². The number of hydrogen-bond acceptors (Lipinski definition) is 13. The van der Waals surface area contributed by atoms with Crippen LogP contribution < -0.4 is 31.3 Å². The molecule has 10 rings (SSSR count). The van der Waals surface area contributed by atoms with Crippen molar-refractivity contribution in [3.63, 3.8) is 0 Å². The Morgan fingerprint density at radius 1 is 0.831 bits per heavy atom. The monoisotopic (exact) mass is 793 g/mol. The first-order valence-corrected chi connectivity index (χ1v) is 20.2. The smallest absolute Gasteiger partial charge is 0.278 e.